The van der Waals surface area contributed by atoms with Crippen molar-refractivity contribution in [2.24, 2.45) is 5.92 Å². The van der Waals surface area contributed by atoms with E-state index >= 15 is 0 Å². The Morgan fingerprint density at radius 2 is 1.82 bits per heavy atom. The molecule has 1 heterocycles. The molecule has 0 saturated carbocycles. The van der Waals surface area contributed by atoms with E-state index in [-0.39, 0.29) is 11.8 Å². The van der Waals surface area contributed by atoms with E-state index in [9.17, 15) is 4.79 Å². The Kier molecular flexibility index (Phi) is 6.87. The zero-order valence-electron chi connectivity index (χ0n) is 16.4. The van der Waals surface area contributed by atoms with Gasteiger partial charge in [-0.3, -0.25) is 4.79 Å². The topological polar surface area (TPSA) is 42.0 Å². The molecular weight excluding hydrogens is 388 g/mol. The summed E-state index contributed by atoms with van der Waals surface area (Å²) < 4.78 is 0. The maximum Gasteiger partial charge on any atom is 0.233 e. The molecular formula is C23H25ClN2OS. The number of hydrogen-bond donors (Lipinski definition) is 1. The predicted molar refractivity (Wildman–Crippen MR) is 118 cm³/mol. The van der Waals surface area contributed by atoms with Gasteiger partial charge in [0.1, 0.15) is 0 Å². The molecule has 0 unspecified atom stereocenters. The highest BCUT2D eigenvalue weighted by atomic mass is 35.5. The number of aromatic nitrogens is 1. The summed E-state index contributed by atoms with van der Waals surface area (Å²) in [6, 6.07) is 16.1. The lowest BCUT2D eigenvalue weighted by atomic mass is 9.96. The molecule has 1 atom stereocenters. The minimum absolute atomic E-state index is 0.0461. The van der Waals surface area contributed by atoms with Gasteiger partial charge in [-0.1, -0.05) is 67.9 Å². The summed E-state index contributed by atoms with van der Waals surface area (Å²) in [5.74, 6) is 0.343. The number of amides is 1. The lowest BCUT2D eigenvalue weighted by Crippen LogP contribution is -2.18. The normalized spacial score (nSPS) is 12.2. The van der Waals surface area contributed by atoms with Crippen molar-refractivity contribution in [3.05, 3.63) is 81.3 Å². The molecule has 0 spiro atoms. The molecule has 1 aromatic heterocycles. The lowest BCUT2D eigenvalue weighted by Gasteiger charge is -2.12. The van der Waals surface area contributed by atoms with Crippen LogP contribution in [0.15, 0.2) is 54.7 Å². The van der Waals surface area contributed by atoms with Crippen LogP contribution in [0.2, 0.25) is 5.02 Å². The van der Waals surface area contributed by atoms with Gasteiger partial charge in [0.25, 0.3) is 0 Å². The molecule has 0 radical (unpaired) electrons. The van der Waals surface area contributed by atoms with E-state index in [1.807, 2.05) is 43.3 Å². The molecule has 5 heteroatoms. The molecule has 1 N–H and O–H groups in total. The number of benzene rings is 2. The Morgan fingerprint density at radius 1 is 1.11 bits per heavy atom. The maximum absolute atomic E-state index is 12.6. The Labute approximate surface area is 175 Å². The molecule has 0 aliphatic heterocycles. The van der Waals surface area contributed by atoms with Crippen LogP contribution >= 0.6 is 22.9 Å². The van der Waals surface area contributed by atoms with Crippen molar-refractivity contribution < 1.29 is 4.79 Å². The summed E-state index contributed by atoms with van der Waals surface area (Å²) in [5.41, 5.74) is 3.37. The third-order valence-corrected chi connectivity index (χ3v) is 5.90. The van der Waals surface area contributed by atoms with Crippen LogP contribution in [0.1, 0.15) is 48.3 Å². The number of hydrogen-bond acceptors (Lipinski definition) is 3. The highest BCUT2D eigenvalue weighted by molar-refractivity contribution is 7.15. The van der Waals surface area contributed by atoms with Crippen molar-refractivity contribution >= 4 is 34.0 Å². The number of anilines is 1. The fourth-order valence-corrected chi connectivity index (χ4v) is 4.10. The van der Waals surface area contributed by atoms with E-state index in [1.165, 1.54) is 16.9 Å². The molecule has 0 bridgehead atoms. The number of carbonyl (C=O) groups is 1. The van der Waals surface area contributed by atoms with E-state index in [1.54, 1.807) is 6.20 Å². The lowest BCUT2D eigenvalue weighted by molar-refractivity contribution is -0.117. The van der Waals surface area contributed by atoms with E-state index < -0.39 is 0 Å². The summed E-state index contributed by atoms with van der Waals surface area (Å²) in [4.78, 5) is 18.0. The van der Waals surface area contributed by atoms with Gasteiger partial charge in [0, 0.05) is 22.5 Å². The molecule has 3 nitrogen and oxygen atoms in total. The van der Waals surface area contributed by atoms with Crippen molar-refractivity contribution in [2.45, 2.75) is 39.5 Å². The minimum atomic E-state index is -0.232. The molecule has 0 aliphatic rings. The maximum atomic E-state index is 12.6. The summed E-state index contributed by atoms with van der Waals surface area (Å²) in [7, 11) is 0. The van der Waals surface area contributed by atoms with Crippen molar-refractivity contribution in [3.8, 4) is 0 Å². The molecule has 28 heavy (non-hydrogen) atoms. The second kappa shape index (κ2) is 9.35. The SMILES string of the molecule is CC(C)Cc1ccc([C@H](C)C(=O)Nc2ncc(Cc3ccccc3Cl)s2)cc1. The van der Waals surface area contributed by atoms with Gasteiger partial charge < -0.3 is 5.32 Å². The fourth-order valence-electron chi connectivity index (χ4n) is 3.06. The van der Waals surface area contributed by atoms with Crippen molar-refractivity contribution in [1.29, 1.82) is 0 Å². The van der Waals surface area contributed by atoms with Crippen LogP contribution in [0, 0.1) is 5.92 Å². The largest absolute Gasteiger partial charge is 0.301 e. The second-order valence-electron chi connectivity index (χ2n) is 7.45. The first-order valence-electron chi connectivity index (χ1n) is 9.50. The number of nitrogens with zero attached hydrogens (tertiary/aromatic N) is 1. The third kappa shape index (κ3) is 5.43. The molecule has 0 saturated heterocycles. The number of rotatable bonds is 7. The van der Waals surface area contributed by atoms with Gasteiger partial charge in [0.15, 0.2) is 5.13 Å². The van der Waals surface area contributed by atoms with Crippen LogP contribution in [-0.2, 0) is 17.6 Å². The predicted octanol–water partition coefficient (Wildman–Crippen LogP) is 6.33. The number of halogens is 1. The van der Waals surface area contributed by atoms with E-state index in [2.05, 4.69) is 36.3 Å². The van der Waals surface area contributed by atoms with Crippen molar-refractivity contribution in [3.63, 3.8) is 0 Å². The first kappa shape index (κ1) is 20.6. The van der Waals surface area contributed by atoms with Crippen LogP contribution in [0.25, 0.3) is 0 Å². The molecule has 2 aromatic carbocycles. The Hall–Kier alpha value is -2.17. The fraction of sp³-hybridized carbons (Fsp3) is 0.304. The van der Waals surface area contributed by atoms with Crippen LogP contribution < -0.4 is 5.32 Å². The summed E-state index contributed by atoms with van der Waals surface area (Å²) >= 11 is 7.71. The van der Waals surface area contributed by atoms with E-state index in [0.717, 1.165) is 27.4 Å². The first-order valence-corrected chi connectivity index (χ1v) is 10.7. The third-order valence-electron chi connectivity index (χ3n) is 4.62. The Balaban J connectivity index is 1.61. The second-order valence-corrected chi connectivity index (χ2v) is 8.97. The smallest absolute Gasteiger partial charge is 0.233 e. The van der Waals surface area contributed by atoms with Crippen LogP contribution in [0.5, 0.6) is 0 Å². The summed E-state index contributed by atoms with van der Waals surface area (Å²) in [5, 5.41) is 4.31. The number of nitrogens with one attached hydrogen (secondary N) is 1. The van der Waals surface area contributed by atoms with Crippen LogP contribution in [0.3, 0.4) is 0 Å². The van der Waals surface area contributed by atoms with Gasteiger partial charge in [0.05, 0.1) is 5.92 Å². The molecule has 146 valence electrons. The first-order chi connectivity index (χ1) is 13.4. The van der Waals surface area contributed by atoms with Gasteiger partial charge in [-0.15, -0.1) is 11.3 Å². The van der Waals surface area contributed by atoms with Gasteiger partial charge in [-0.2, -0.15) is 0 Å². The minimum Gasteiger partial charge on any atom is -0.301 e. The molecule has 3 rings (SSSR count). The average Bonchev–Trinajstić information content (AvgIpc) is 3.10. The van der Waals surface area contributed by atoms with Gasteiger partial charge in [0.2, 0.25) is 5.91 Å². The quantitative estimate of drug-likeness (QED) is 0.492. The van der Waals surface area contributed by atoms with Crippen molar-refractivity contribution in [2.75, 3.05) is 5.32 Å². The van der Waals surface area contributed by atoms with E-state index in [0.29, 0.717) is 17.5 Å². The molecule has 0 aliphatic carbocycles. The molecule has 1 amide bonds. The zero-order chi connectivity index (χ0) is 20.1. The van der Waals surface area contributed by atoms with Gasteiger partial charge in [-0.05, 0) is 42.0 Å². The summed E-state index contributed by atoms with van der Waals surface area (Å²) in [6.45, 7) is 6.33. The zero-order valence-corrected chi connectivity index (χ0v) is 18.0. The highest BCUT2D eigenvalue weighted by Crippen LogP contribution is 2.26. The van der Waals surface area contributed by atoms with E-state index in [4.69, 9.17) is 11.6 Å². The number of thiazole rings is 1. The summed E-state index contributed by atoms with van der Waals surface area (Å²) in [6.07, 6.45) is 3.56. The van der Waals surface area contributed by atoms with Gasteiger partial charge in [-0.25, -0.2) is 4.98 Å². The monoisotopic (exact) mass is 412 g/mol. The van der Waals surface area contributed by atoms with Crippen LogP contribution in [0.4, 0.5) is 5.13 Å². The molecule has 0 fully saturated rings. The number of carbonyl (C=O) groups excluding carboxylic acids is 1. The molecule has 3 aromatic rings. The van der Waals surface area contributed by atoms with Crippen LogP contribution in [-0.4, -0.2) is 10.9 Å². The Bertz CT molecular complexity index is 934. The average molecular weight is 413 g/mol. The van der Waals surface area contributed by atoms with Gasteiger partial charge >= 0.3 is 0 Å². The Morgan fingerprint density at radius 3 is 2.50 bits per heavy atom. The van der Waals surface area contributed by atoms with Crippen molar-refractivity contribution in [1.82, 2.24) is 4.98 Å². The standard InChI is InChI=1S/C23H25ClN2OS/c1-15(2)12-17-8-10-18(11-9-17)16(3)22(27)26-23-25-14-20(28-23)13-19-6-4-5-7-21(19)24/h4-11,14-16H,12-13H2,1-3H3,(H,25,26,27)/t16-/m0/s1. The highest BCUT2D eigenvalue weighted by Gasteiger charge is 2.17.